The lowest BCUT2D eigenvalue weighted by molar-refractivity contribution is 0.0547. The zero-order valence-corrected chi connectivity index (χ0v) is 24.1. The Labute approximate surface area is 236 Å². The molecule has 1 N–H and O–H groups in total. The van der Waals surface area contributed by atoms with Crippen molar-refractivity contribution in [1.29, 1.82) is 0 Å². The third kappa shape index (κ3) is 5.82. The van der Waals surface area contributed by atoms with E-state index >= 15 is 0 Å². The van der Waals surface area contributed by atoms with Gasteiger partial charge in [-0.25, -0.2) is 22.8 Å². The molecule has 3 aromatic heterocycles. The predicted molar refractivity (Wildman–Crippen MR) is 153 cm³/mol. The molecule has 1 aliphatic heterocycles. The summed E-state index contributed by atoms with van der Waals surface area (Å²) in [6.07, 6.45) is 4.60. The van der Waals surface area contributed by atoms with E-state index in [1.54, 1.807) is 63.1 Å². The second-order valence-electron chi connectivity index (χ2n) is 10.6. The van der Waals surface area contributed by atoms with Gasteiger partial charge in [-0.2, -0.15) is 5.10 Å². The van der Waals surface area contributed by atoms with E-state index in [4.69, 9.17) is 16.3 Å². The van der Waals surface area contributed by atoms with Crippen molar-refractivity contribution in [3.05, 3.63) is 59.5 Å². The molecular weight excluding hydrogens is 556 g/mol. The van der Waals surface area contributed by atoms with Gasteiger partial charge in [-0.05, 0) is 45.0 Å². The van der Waals surface area contributed by atoms with Crippen LogP contribution in [-0.4, -0.2) is 74.8 Å². The molecule has 40 heavy (non-hydrogen) atoms. The van der Waals surface area contributed by atoms with Crippen LogP contribution in [0.1, 0.15) is 31.1 Å². The highest BCUT2D eigenvalue weighted by molar-refractivity contribution is 7.91. The Morgan fingerprint density at radius 3 is 2.42 bits per heavy atom. The van der Waals surface area contributed by atoms with Crippen molar-refractivity contribution in [2.24, 2.45) is 7.05 Å². The summed E-state index contributed by atoms with van der Waals surface area (Å²) in [4.78, 5) is 32.2. The number of nitrogens with one attached hydrogen (secondary N) is 1. The van der Waals surface area contributed by atoms with E-state index in [0.29, 0.717) is 28.3 Å². The van der Waals surface area contributed by atoms with Gasteiger partial charge < -0.3 is 15.0 Å². The molecule has 13 heteroatoms. The van der Waals surface area contributed by atoms with E-state index in [1.165, 1.54) is 15.5 Å². The van der Waals surface area contributed by atoms with Gasteiger partial charge in [0.2, 0.25) is 0 Å². The molecule has 11 nitrogen and oxygen atoms in total. The van der Waals surface area contributed by atoms with Crippen molar-refractivity contribution in [3.8, 4) is 11.3 Å². The largest absolute Gasteiger partial charge is 0.443 e. The average molecular weight is 585 g/mol. The number of aromatic nitrogens is 4. The van der Waals surface area contributed by atoms with Gasteiger partial charge in [0.15, 0.2) is 9.84 Å². The van der Waals surface area contributed by atoms with Crippen molar-refractivity contribution >= 4 is 55.8 Å². The molecular formula is C27H29ClN6O5S. The van der Waals surface area contributed by atoms with Crippen molar-refractivity contribution in [2.45, 2.75) is 26.4 Å². The number of ether oxygens (including phenoxy) is 1. The number of sulfone groups is 1. The molecule has 0 aliphatic carbocycles. The number of carbonyl (C=O) groups excluding carboxylic acids is 2. The van der Waals surface area contributed by atoms with Crippen LogP contribution in [-0.2, 0) is 21.6 Å². The van der Waals surface area contributed by atoms with E-state index in [-0.39, 0.29) is 35.5 Å². The van der Waals surface area contributed by atoms with Crippen LogP contribution in [0.15, 0.2) is 48.9 Å². The van der Waals surface area contributed by atoms with Gasteiger partial charge in [0, 0.05) is 55.1 Å². The molecule has 0 saturated carbocycles. The van der Waals surface area contributed by atoms with Crippen molar-refractivity contribution < 1.29 is 22.7 Å². The van der Waals surface area contributed by atoms with Gasteiger partial charge >= 0.3 is 6.09 Å². The third-order valence-electron chi connectivity index (χ3n) is 6.37. The van der Waals surface area contributed by atoms with E-state index in [9.17, 15) is 18.0 Å². The summed E-state index contributed by atoms with van der Waals surface area (Å²) in [5, 5.41) is 8.41. The Hall–Kier alpha value is -3.90. The molecule has 1 amide bonds. The monoisotopic (exact) mass is 584 g/mol. The van der Waals surface area contributed by atoms with Gasteiger partial charge in [-0.3, -0.25) is 9.48 Å². The van der Waals surface area contributed by atoms with Gasteiger partial charge in [0.25, 0.3) is 5.91 Å². The Kier molecular flexibility index (Phi) is 7.09. The molecule has 0 radical (unpaired) electrons. The highest BCUT2D eigenvalue weighted by Gasteiger charge is 2.27. The number of amides is 1. The Morgan fingerprint density at radius 1 is 1.07 bits per heavy atom. The smallest absolute Gasteiger partial charge is 0.419 e. The summed E-state index contributed by atoms with van der Waals surface area (Å²) >= 11 is 6.52. The van der Waals surface area contributed by atoms with E-state index in [2.05, 4.69) is 15.4 Å². The fraction of sp³-hybridized carbons (Fsp3) is 0.333. The molecule has 1 fully saturated rings. The highest BCUT2D eigenvalue weighted by atomic mass is 35.5. The zero-order chi connectivity index (χ0) is 28.8. The molecule has 4 heterocycles. The van der Waals surface area contributed by atoms with Crippen LogP contribution >= 0.6 is 11.6 Å². The number of rotatable bonds is 4. The number of pyridine rings is 1. The van der Waals surface area contributed by atoms with Crippen LogP contribution in [0.2, 0.25) is 5.02 Å². The number of anilines is 2. The van der Waals surface area contributed by atoms with Crippen LogP contribution in [0.25, 0.3) is 22.2 Å². The summed E-state index contributed by atoms with van der Waals surface area (Å²) < 4.78 is 32.2. The number of aryl methyl sites for hydroxylation is 1. The molecule has 0 unspecified atom stereocenters. The second-order valence-corrected chi connectivity index (χ2v) is 13.4. The number of carbonyl (C=O) groups is 2. The standard InChI is InChI=1S/C27H29ClN6O5S/c1-27(2,3)39-26(36)34-22(19-15-30-32(4)16-19)12-18-14-29-24(13-23(18)34)31-21-6-5-17(11-20(21)28)25(35)33-7-9-40(37,38)10-8-33/h5-6,11-16H,7-10H2,1-4H3,(H,29,31). The van der Waals surface area contributed by atoms with Crippen molar-refractivity contribution in [1.82, 2.24) is 24.2 Å². The molecule has 1 saturated heterocycles. The minimum atomic E-state index is -3.10. The number of nitrogens with zero attached hydrogens (tertiary/aromatic N) is 5. The van der Waals surface area contributed by atoms with Gasteiger partial charge in [0.1, 0.15) is 11.4 Å². The summed E-state index contributed by atoms with van der Waals surface area (Å²) in [5.41, 5.74) is 2.10. The van der Waals surface area contributed by atoms with Crippen molar-refractivity contribution in [3.63, 3.8) is 0 Å². The predicted octanol–water partition coefficient (Wildman–Crippen LogP) is 4.49. The Balaban J connectivity index is 1.44. The van der Waals surface area contributed by atoms with Crippen LogP contribution in [0.3, 0.4) is 0 Å². The zero-order valence-electron chi connectivity index (χ0n) is 22.5. The van der Waals surface area contributed by atoms with E-state index < -0.39 is 21.5 Å². The molecule has 1 aromatic carbocycles. The normalized spacial score (nSPS) is 15.3. The summed E-state index contributed by atoms with van der Waals surface area (Å²) in [6.45, 7) is 5.72. The highest BCUT2D eigenvalue weighted by Crippen LogP contribution is 2.32. The fourth-order valence-corrected chi connectivity index (χ4v) is 5.85. The topological polar surface area (TPSA) is 128 Å². The van der Waals surface area contributed by atoms with E-state index in [1.807, 2.05) is 12.3 Å². The third-order valence-corrected chi connectivity index (χ3v) is 8.29. The lowest BCUT2D eigenvalue weighted by atomic mass is 10.1. The molecule has 1 aliphatic rings. The molecule has 0 spiro atoms. The fourth-order valence-electron chi connectivity index (χ4n) is 4.43. The Bertz CT molecular complexity index is 1720. The molecule has 5 rings (SSSR count). The number of hydrogen-bond donors (Lipinski definition) is 1. The molecule has 0 atom stereocenters. The minimum Gasteiger partial charge on any atom is -0.443 e. The van der Waals surface area contributed by atoms with Crippen molar-refractivity contribution in [2.75, 3.05) is 29.9 Å². The van der Waals surface area contributed by atoms with Gasteiger partial charge in [-0.15, -0.1) is 0 Å². The summed E-state index contributed by atoms with van der Waals surface area (Å²) in [7, 11) is -1.30. The number of halogens is 1. The van der Waals surface area contributed by atoms with E-state index in [0.717, 1.165) is 10.9 Å². The first kappa shape index (κ1) is 27.7. The molecule has 210 valence electrons. The average Bonchev–Trinajstić information content (AvgIpc) is 3.47. The molecule has 0 bridgehead atoms. The number of hydrogen-bond acceptors (Lipinski definition) is 8. The summed E-state index contributed by atoms with van der Waals surface area (Å²) in [5.74, 6) is 0.0537. The maximum Gasteiger partial charge on any atom is 0.419 e. The maximum atomic E-state index is 13.3. The first-order valence-corrected chi connectivity index (χ1v) is 14.8. The van der Waals surface area contributed by atoms with Gasteiger partial charge in [-0.1, -0.05) is 11.6 Å². The first-order valence-electron chi connectivity index (χ1n) is 12.6. The number of fused-ring (bicyclic) bond motifs is 1. The molecule has 4 aromatic rings. The minimum absolute atomic E-state index is 0.0478. The first-order chi connectivity index (χ1) is 18.8. The lowest BCUT2D eigenvalue weighted by Gasteiger charge is -2.27. The number of benzene rings is 1. The Morgan fingerprint density at radius 2 is 1.80 bits per heavy atom. The van der Waals surface area contributed by atoms with Crippen LogP contribution in [0, 0.1) is 0 Å². The van der Waals surface area contributed by atoms with Crippen LogP contribution in [0.5, 0.6) is 0 Å². The quantitative estimate of drug-likeness (QED) is 0.372. The maximum absolute atomic E-state index is 13.3. The van der Waals surface area contributed by atoms with Crippen LogP contribution in [0.4, 0.5) is 16.3 Å². The lowest BCUT2D eigenvalue weighted by Crippen LogP contribution is -2.43. The summed E-state index contributed by atoms with van der Waals surface area (Å²) in [6, 6.07) is 8.41. The van der Waals surface area contributed by atoms with Crippen LogP contribution < -0.4 is 5.32 Å². The van der Waals surface area contributed by atoms with Gasteiger partial charge in [0.05, 0.1) is 39.6 Å². The SMILES string of the molecule is Cn1cc(-c2cc3cnc(Nc4ccc(C(=O)N5CCS(=O)(=O)CC5)cc4Cl)cc3n2C(=O)OC(C)(C)C)cn1. The second kappa shape index (κ2) is 10.3.